The topological polar surface area (TPSA) is 47.3 Å². The van der Waals surface area contributed by atoms with E-state index >= 15 is 0 Å². The molecule has 2 aliphatic rings. The minimum Gasteiger partial charge on any atom is -0.406 e. The first kappa shape index (κ1) is 22.7. The average Bonchev–Trinajstić information content (AvgIpc) is 3.18. The molecule has 4 nitrogen and oxygen atoms in total. The zero-order valence-corrected chi connectivity index (χ0v) is 18.5. The molecule has 1 fully saturated rings. The van der Waals surface area contributed by atoms with Crippen LogP contribution in [-0.2, 0) is 6.42 Å². The van der Waals surface area contributed by atoms with E-state index in [2.05, 4.69) is 22.8 Å². The Hall–Kier alpha value is -3.13. The summed E-state index contributed by atoms with van der Waals surface area (Å²) in [4.78, 5) is 0. The summed E-state index contributed by atoms with van der Waals surface area (Å²) >= 11 is 0. The van der Waals surface area contributed by atoms with E-state index in [4.69, 9.17) is 0 Å². The zero-order chi connectivity index (χ0) is 24.1. The van der Waals surface area contributed by atoms with Gasteiger partial charge in [0.2, 0.25) is 0 Å². The summed E-state index contributed by atoms with van der Waals surface area (Å²) in [7, 11) is 0. The first-order chi connectivity index (χ1) is 16.1. The lowest BCUT2D eigenvalue weighted by atomic mass is 9.57. The number of halogens is 4. The average molecular weight is 472 g/mol. The molecule has 0 radical (unpaired) electrons. The quantitative estimate of drug-likeness (QED) is 0.448. The number of nitrogens with zero attached hydrogens (tertiary/aromatic N) is 2. The molecule has 0 aliphatic heterocycles. The maximum Gasteiger partial charge on any atom is 0.573 e. The van der Waals surface area contributed by atoms with Crippen molar-refractivity contribution in [3.05, 3.63) is 82.9 Å². The van der Waals surface area contributed by atoms with Crippen molar-refractivity contribution in [3.63, 3.8) is 0 Å². The molecule has 2 aliphatic carbocycles. The second-order valence-electron chi connectivity index (χ2n) is 9.27. The van der Waals surface area contributed by atoms with Crippen molar-refractivity contribution in [3.8, 4) is 11.4 Å². The van der Waals surface area contributed by atoms with Crippen molar-refractivity contribution < 1.29 is 27.4 Å². The molecule has 34 heavy (non-hydrogen) atoms. The molecule has 0 spiro atoms. The summed E-state index contributed by atoms with van der Waals surface area (Å²) < 4.78 is 57.3. The van der Waals surface area contributed by atoms with E-state index < -0.39 is 12.5 Å². The number of rotatable bonds is 4. The minimum absolute atomic E-state index is 0.184. The molecule has 0 unspecified atom stereocenters. The molecule has 8 heteroatoms. The highest BCUT2D eigenvalue weighted by atomic mass is 19.4. The number of hydrogen-bond acceptors (Lipinski definition) is 3. The van der Waals surface area contributed by atoms with Crippen LogP contribution in [0.3, 0.4) is 0 Å². The van der Waals surface area contributed by atoms with Gasteiger partial charge < -0.3 is 9.84 Å². The third-order valence-corrected chi connectivity index (χ3v) is 7.15. The number of allylic oxidation sites excluding steroid dienone is 1. The molecular formula is C26H24F4N2O2. The Labute approximate surface area is 194 Å². The molecule has 3 aromatic rings. The second kappa shape index (κ2) is 8.27. The van der Waals surface area contributed by atoms with Gasteiger partial charge in [0.1, 0.15) is 11.6 Å². The van der Waals surface area contributed by atoms with E-state index in [0.29, 0.717) is 12.0 Å². The fourth-order valence-corrected chi connectivity index (χ4v) is 5.50. The maximum absolute atomic E-state index is 13.4. The molecule has 5 rings (SSSR count). The van der Waals surface area contributed by atoms with Gasteiger partial charge >= 0.3 is 6.36 Å². The Kier molecular flexibility index (Phi) is 5.51. The summed E-state index contributed by atoms with van der Waals surface area (Å²) in [5.41, 5.74) is 3.93. The third-order valence-electron chi connectivity index (χ3n) is 7.15. The molecule has 0 bridgehead atoms. The van der Waals surface area contributed by atoms with Gasteiger partial charge in [-0.15, -0.1) is 13.2 Å². The molecule has 1 saturated carbocycles. The largest absolute Gasteiger partial charge is 0.573 e. The summed E-state index contributed by atoms with van der Waals surface area (Å²) in [5.74, 6) is -0.840. The highest BCUT2D eigenvalue weighted by molar-refractivity contribution is 5.61. The van der Waals surface area contributed by atoms with Crippen LogP contribution in [0, 0.1) is 17.2 Å². The Morgan fingerprint density at radius 1 is 1.18 bits per heavy atom. The minimum atomic E-state index is -4.79. The van der Waals surface area contributed by atoms with Gasteiger partial charge in [-0.25, -0.2) is 9.07 Å². The molecule has 0 amide bonds. The Morgan fingerprint density at radius 2 is 1.94 bits per heavy atom. The Bertz CT molecular complexity index is 1230. The van der Waals surface area contributed by atoms with Crippen LogP contribution in [0.5, 0.6) is 5.75 Å². The van der Waals surface area contributed by atoms with Crippen LogP contribution in [0.1, 0.15) is 49.1 Å². The van der Waals surface area contributed by atoms with Crippen LogP contribution in [0.15, 0.2) is 60.3 Å². The fraction of sp³-hybridized carbons (Fsp3) is 0.346. The van der Waals surface area contributed by atoms with E-state index in [-0.39, 0.29) is 22.9 Å². The number of hydrogen-bond donors (Lipinski definition) is 1. The molecule has 1 heterocycles. The first-order valence-corrected chi connectivity index (χ1v) is 11.2. The van der Waals surface area contributed by atoms with E-state index in [0.717, 1.165) is 36.2 Å². The summed E-state index contributed by atoms with van der Waals surface area (Å²) in [6, 6.07) is 11.7. The van der Waals surface area contributed by atoms with Gasteiger partial charge in [0.05, 0.1) is 23.7 Å². The summed E-state index contributed by atoms with van der Waals surface area (Å²) in [6.45, 7) is 2.11. The van der Waals surface area contributed by atoms with Crippen LogP contribution in [0.4, 0.5) is 17.6 Å². The number of aliphatic hydroxyl groups excluding tert-OH is 1. The smallest absolute Gasteiger partial charge is 0.406 e. The monoisotopic (exact) mass is 472 g/mol. The maximum atomic E-state index is 13.4. The Balaban J connectivity index is 1.46. The number of benzene rings is 2. The SMILES string of the molecule is C[C@]12Cc3cnn(-c4ccc(F)cc4)c3C=C1CCC[C@@H]2[C@@H](O)c1cccc(OC(F)(F)F)c1. The van der Waals surface area contributed by atoms with Gasteiger partial charge in [-0.1, -0.05) is 24.6 Å². The van der Waals surface area contributed by atoms with Crippen molar-refractivity contribution in [2.24, 2.45) is 11.3 Å². The first-order valence-electron chi connectivity index (χ1n) is 11.2. The molecule has 1 aromatic heterocycles. The lowest BCUT2D eigenvalue weighted by Gasteiger charge is -2.47. The van der Waals surface area contributed by atoms with Crippen LogP contribution < -0.4 is 4.74 Å². The van der Waals surface area contributed by atoms with Gasteiger partial charge in [-0.05, 0) is 90.6 Å². The van der Waals surface area contributed by atoms with Crippen LogP contribution in [0.2, 0.25) is 0 Å². The van der Waals surface area contributed by atoms with Crippen molar-refractivity contribution >= 4 is 6.08 Å². The number of aliphatic hydroxyl groups is 1. The predicted molar refractivity (Wildman–Crippen MR) is 119 cm³/mol. The zero-order valence-electron chi connectivity index (χ0n) is 18.5. The van der Waals surface area contributed by atoms with Gasteiger partial charge in [0, 0.05) is 0 Å². The standard InChI is InChI=1S/C26H24F4N2O2/c1-25-14-17-15-31-32(20-10-8-19(27)9-11-20)23(17)13-18(25)5-3-7-22(25)24(33)16-4-2-6-21(12-16)34-26(28,29)30/h2,4,6,8-13,15,22,24,33H,3,5,7,14H2,1H3/t22-,24+,25+/m1/s1. The van der Waals surface area contributed by atoms with E-state index in [1.54, 1.807) is 29.1 Å². The van der Waals surface area contributed by atoms with Gasteiger partial charge in [-0.3, -0.25) is 0 Å². The number of ether oxygens (including phenoxy) is 1. The van der Waals surface area contributed by atoms with Crippen LogP contribution >= 0.6 is 0 Å². The van der Waals surface area contributed by atoms with Gasteiger partial charge in [-0.2, -0.15) is 5.10 Å². The molecule has 0 saturated heterocycles. The lowest BCUT2D eigenvalue weighted by molar-refractivity contribution is -0.274. The lowest BCUT2D eigenvalue weighted by Crippen LogP contribution is -2.40. The fourth-order valence-electron chi connectivity index (χ4n) is 5.50. The molecular weight excluding hydrogens is 448 g/mol. The predicted octanol–water partition coefficient (Wildman–Crippen LogP) is 6.39. The molecule has 3 atom stereocenters. The molecule has 2 aromatic carbocycles. The molecule has 1 N–H and O–H groups in total. The van der Waals surface area contributed by atoms with Crippen molar-refractivity contribution in [1.82, 2.24) is 9.78 Å². The summed E-state index contributed by atoms with van der Waals surface area (Å²) in [5, 5.41) is 15.8. The van der Waals surface area contributed by atoms with Gasteiger partial charge in [0.25, 0.3) is 0 Å². The Morgan fingerprint density at radius 3 is 2.68 bits per heavy atom. The van der Waals surface area contributed by atoms with E-state index in [9.17, 15) is 22.7 Å². The summed E-state index contributed by atoms with van der Waals surface area (Å²) in [6.07, 6.45) is 1.30. The number of fused-ring (bicyclic) bond motifs is 2. The highest BCUT2D eigenvalue weighted by Crippen LogP contribution is 2.55. The highest BCUT2D eigenvalue weighted by Gasteiger charge is 2.46. The van der Waals surface area contributed by atoms with Crippen LogP contribution in [0.25, 0.3) is 11.8 Å². The van der Waals surface area contributed by atoms with E-state index in [1.807, 2.05) is 0 Å². The third kappa shape index (κ3) is 4.11. The van der Waals surface area contributed by atoms with Crippen molar-refractivity contribution in [1.29, 1.82) is 0 Å². The van der Waals surface area contributed by atoms with Crippen LogP contribution in [-0.4, -0.2) is 21.2 Å². The van der Waals surface area contributed by atoms with Crippen molar-refractivity contribution in [2.75, 3.05) is 0 Å². The normalized spacial score (nSPS) is 23.0. The van der Waals surface area contributed by atoms with E-state index in [1.165, 1.54) is 35.9 Å². The van der Waals surface area contributed by atoms with Gasteiger partial charge in [0.15, 0.2) is 0 Å². The second-order valence-corrected chi connectivity index (χ2v) is 9.27. The number of aromatic nitrogens is 2. The van der Waals surface area contributed by atoms with Crippen molar-refractivity contribution in [2.45, 2.75) is 45.1 Å². The number of alkyl halides is 3. The molecule has 178 valence electrons.